The molecule has 2 heterocycles. The molecule has 8 nitrogen and oxygen atoms in total. The lowest BCUT2D eigenvalue weighted by Gasteiger charge is -2.33. The van der Waals surface area contributed by atoms with Gasteiger partial charge in [-0.25, -0.2) is 0 Å². The van der Waals surface area contributed by atoms with Gasteiger partial charge in [-0.1, -0.05) is 0 Å². The third-order valence-corrected chi connectivity index (χ3v) is 3.90. The average molecular weight is 311 g/mol. The maximum absolute atomic E-state index is 11.8. The molecule has 0 saturated carbocycles. The van der Waals surface area contributed by atoms with E-state index >= 15 is 0 Å². The largest absolute Gasteiger partial charge is 0.503 e. The molecule has 1 aromatic rings. The molecule has 8 heteroatoms. The quantitative estimate of drug-likeness (QED) is 0.632. The predicted molar refractivity (Wildman–Crippen MR) is 78.7 cm³/mol. The summed E-state index contributed by atoms with van der Waals surface area (Å²) in [6.07, 6.45) is 0. The highest BCUT2D eigenvalue weighted by atomic mass is 16.4. The van der Waals surface area contributed by atoms with Gasteiger partial charge in [0.1, 0.15) is 6.54 Å². The number of rotatable bonds is 5. The highest BCUT2D eigenvalue weighted by Gasteiger charge is 2.21. The molecule has 0 bridgehead atoms. The fourth-order valence-corrected chi connectivity index (χ4v) is 2.58. The maximum atomic E-state index is 11.8. The maximum Gasteiger partial charge on any atom is 0.323 e. The fourth-order valence-electron chi connectivity index (χ4n) is 2.58. The molecule has 0 amide bonds. The molecule has 1 fully saturated rings. The molecule has 1 aliphatic heterocycles. The number of piperazine rings is 1. The summed E-state index contributed by atoms with van der Waals surface area (Å²) in [4.78, 5) is 27.1. The molecule has 0 radical (unpaired) electrons. The number of nitrogens with zero attached hydrogens (tertiary/aromatic N) is 3. The van der Waals surface area contributed by atoms with Crippen molar-refractivity contribution in [1.29, 1.82) is 0 Å². The molecule has 122 valence electrons. The summed E-state index contributed by atoms with van der Waals surface area (Å²) >= 11 is 0. The Morgan fingerprint density at radius 3 is 2.45 bits per heavy atom. The molecule has 2 rings (SSSR count). The van der Waals surface area contributed by atoms with Crippen molar-refractivity contribution in [3.63, 3.8) is 0 Å². The first-order chi connectivity index (χ1) is 10.4. The van der Waals surface area contributed by atoms with E-state index in [1.54, 1.807) is 0 Å². The summed E-state index contributed by atoms with van der Waals surface area (Å²) in [7, 11) is 2.02. The molecule has 0 spiro atoms. The SMILES string of the molecule is CN1CCN(Cc2c(O)c(=O)cc(CO)n2CC(=O)O)CC1. The Kier molecular flexibility index (Phi) is 5.17. The van der Waals surface area contributed by atoms with Gasteiger partial charge in [0.25, 0.3) is 0 Å². The van der Waals surface area contributed by atoms with E-state index in [-0.39, 0.29) is 17.9 Å². The Morgan fingerprint density at radius 1 is 1.27 bits per heavy atom. The number of likely N-dealkylation sites (N-methyl/N-ethyl adjacent to an activating group) is 1. The van der Waals surface area contributed by atoms with Crippen molar-refractivity contribution < 1.29 is 20.1 Å². The van der Waals surface area contributed by atoms with Crippen molar-refractivity contribution in [3.05, 3.63) is 27.7 Å². The van der Waals surface area contributed by atoms with Crippen molar-refractivity contribution in [2.75, 3.05) is 33.2 Å². The number of pyridine rings is 1. The molecule has 1 aromatic heterocycles. The van der Waals surface area contributed by atoms with E-state index in [9.17, 15) is 19.8 Å². The van der Waals surface area contributed by atoms with Crippen LogP contribution >= 0.6 is 0 Å². The second-order valence-electron chi connectivity index (χ2n) is 5.51. The second kappa shape index (κ2) is 6.91. The summed E-state index contributed by atoms with van der Waals surface area (Å²) in [5, 5.41) is 28.4. The van der Waals surface area contributed by atoms with Crippen LogP contribution < -0.4 is 5.43 Å². The average Bonchev–Trinajstić information content (AvgIpc) is 2.48. The van der Waals surface area contributed by atoms with Crippen molar-refractivity contribution in [2.24, 2.45) is 0 Å². The van der Waals surface area contributed by atoms with E-state index in [4.69, 9.17) is 5.11 Å². The molecule has 1 saturated heterocycles. The summed E-state index contributed by atoms with van der Waals surface area (Å²) in [6.45, 7) is 2.66. The van der Waals surface area contributed by atoms with Crippen LogP contribution in [0.25, 0.3) is 0 Å². The van der Waals surface area contributed by atoms with E-state index in [2.05, 4.69) is 4.90 Å². The van der Waals surface area contributed by atoms with Crippen molar-refractivity contribution >= 4 is 5.97 Å². The minimum absolute atomic E-state index is 0.189. The van der Waals surface area contributed by atoms with Crippen LogP contribution in [0.2, 0.25) is 0 Å². The minimum Gasteiger partial charge on any atom is -0.503 e. The van der Waals surface area contributed by atoms with E-state index in [0.29, 0.717) is 0 Å². The zero-order chi connectivity index (χ0) is 16.3. The van der Waals surface area contributed by atoms with Gasteiger partial charge in [-0.2, -0.15) is 0 Å². The van der Waals surface area contributed by atoms with Gasteiger partial charge in [0, 0.05) is 44.5 Å². The molecule has 0 aliphatic carbocycles. The van der Waals surface area contributed by atoms with Crippen LogP contribution in [0, 0.1) is 0 Å². The molecule has 1 aliphatic rings. The third kappa shape index (κ3) is 3.65. The van der Waals surface area contributed by atoms with Gasteiger partial charge in [0.2, 0.25) is 5.43 Å². The highest BCUT2D eigenvalue weighted by Crippen LogP contribution is 2.18. The number of aromatic hydroxyl groups is 1. The van der Waals surface area contributed by atoms with Gasteiger partial charge in [-0.15, -0.1) is 0 Å². The van der Waals surface area contributed by atoms with Crippen LogP contribution in [0.4, 0.5) is 0 Å². The Balaban J connectivity index is 2.36. The zero-order valence-corrected chi connectivity index (χ0v) is 12.5. The Labute approximate surface area is 127 Å². The summed E-state index contributed by atoms with van der Waals surface area (Å²) in [5.74, 6) is -1.55. The molecular formula is C14H21N3O5. The first kappa shape index (κ1) is 16.5. The number of aliphatic hydroxyl groups is 1. The molecular weight excluding hydrogens is 290 g/mol. The first-order valence-corrected chi connectivity index (χ1v) is 7.10. The Hall–Kier alpha value is -1.90. The number of hydrogen-bond acceptors (Lipinski definition) is 6. The predicted octanol–water partition coefficient (Wildman–Crippen LogP) is -1.12. The van der Waals surface area contributed by atoms with Crippen LogP contribution in [-0.2, 0) is 24.5 Å². The molecule has 22 heavy (non-hydrogen) atoms. The number of hydrogen-bond donors (Lipinski definition) is 3. The number of aromatic nitrogens is 1. The van der Waals surface area contributed by atoms with Gasteiger partial charge in [0.15, 0.2) is 5.75 Å². The summed E-state index contributed by atoms with van der Waals surface area (Å²) in [5.41, 5.74) is -0.173. The lowest BCUT2D eigenvalue weighted by Crippen LogP contribution is -2.44. The normalized spacial score (nSPS) is 16.8. The Bertz CT molecular complexity index is 605. The van der Waals surface area contributed by atoms with Crippen LogP contribution in [0.3, 0.4) is 0 Å². The summed E-state index contributed by atoms with van der Waals surface area (Å²) in [6, 6.07) is 1.08. The van der Waals surface area contributed by atoms with Gasteiger partial charge in [-0.3, -0.25) is 14.5 Å². The lowest BCUT2D eigenvalue weighted by molar-refractivity contribution is -0.137. The number of carboxylic acids is 1. The molecule has 0 unspecified atom stereocenters. The van der Waals surface area contributed by atoms with Crippen LogP contribution in [0.5, 0.6) is 5.75 Å². The van der Waals surface area contributed by atoms with E-state index in [1.807, 2.05) is 11.9 Å². The highest BCUT2D eigenvalue weighted by molar-refractivity contribution is 5.67. The number of aliphatic hydroxyl groups excluding tert-OH is 1. The monoisotopic (exact) mass is 311 g/mol. The fraction of sp³-hybridized carbons (Fsp3) is 0.571. The van der Waals surface area contributed by atoms with E-state index < -0.39 is 30.3 Å². The van der Waals surface area contributed by atoms with Crippen LogP contribution in [0.1, 0.15) is 11.4 Å². The van der Waals surface area contributed by atoms with Crippen LogP contribution in [-0.4, -0.2) is 68.9 Å². The molecule has 3 N–H and O–H groups in total. The van der Waals surface area contributed by atoms with Crippen molar-refractivity contribution in [1.82, 2.24) is 14.4 Å². The number of carboxylic acid groups (broad SMARTS) is 1. The summed E-state index contributed by atoms with van der Waals surface area (Å²) < 4.78 is 1.30. The van der Waals surface area contributed by atoms with Crippen molar-refractivity contribution in [3.8, 4) is 5.75 Å². The first-order valence-electron chi connectivity index (χ1n) is 7.10. The zero-order valence-electron chi connectivity index (χ0n) is 12.5. The van der Waals surface area contributed by atoms with E-state index in [1.165, 1.54) is 4.57 Å². The smallest absolute Gasteiger partial charge is 0.323 e. The standard InChI is InChI=1S/C14H21N3O5/c1-15-2-4-16(5-3-15)7-11-14(22)12(19)6-10(9-18)17(11)8-13(20)21/h6,18,22H,2-5,7-9H2,1H3,(H,20,21). The molecule has 0 atom stereocenters. The minimum atomic E-state index is -1.10. The van der Waals surface area contributed by atoms with Gasteiger partial charge >= 0.3 is 5.97 Å². The van der Waals surface area contributed by atoms with Crippen molar-refractivity contribution in [2.45, 2.75) is 19.7 Å². The molecule has 0 aromatic carbocycles. The topological polar surface area (TPSA) is 106 Å². The number of carbonyl (C=O) groups is 1. The lowest BCUT2D eigenvalue weighted by atomic mass is 10.2. The van der Waals surface area contributed by atoms with Crippen LogP contribution in [0.15, 0.2) is 10.9 Å². The third-order valence-electron chi connectivity index (χ3n) is 3.90. The van der Waals surface area contributed by atoms with Gasteiger partial charge in [-0.05, 0) is 7.05 Å². The van der Waals surface area contributed by atoms with Gasteiger partial charge < -0.3 is 24.8 Å². The van der Waals surface area contributed by atoms with Gasteiger partial charge in [0.05, 0.1) is 12.3 Å². The van der Waals surface area contributed by atoms with E-state index in [0.717, 1.165) is 32.2 Å². The number of aliphatic carboxylic acids is 1. The second-order valence-corrected chi connectivity index (χ2v) is 5.51. The Morgan fingerprint density at radius 2 is 1.91 bits per heavy atom.